The molecular weight excluding hydrogens is 212 g/mol. The maximum Gasteiger partial charge on any atom is 0.326 e. The van der Waals surface area contributed by atoms with E-state index in [2.05, 4.69) is 10.6 Å². The maximum absolute atomic E-state index is 11.3. The highest BCUT2D eigenvalue weighted by Gasteiger charge is 2.17. The summed E-state index contributed by atoms with van der Waals surface area (Å²) in [6.45, 7) is 4.64. The van der Waals surface area contributed by atoms with E-state index in [1.54, 1.807) is 14.0 Å². The second-order valence-corrected chi connectivity index (χ2v) is 3.71. The number of urea groups is 1. The van der Waals surface area contributed by atoms with Gasteiger partial charge in [0.25, 0.3) is 0 Å². The molecule has 6 heteroatoms. The van der Waals surface area contributed by atoms with Gasteiger partial charge in [0.2, 0.25) is 0 Å². The fourth-order valence-corrected chi connectivity index (χ4v) is 1.16. The molecule has 2 atom stereocenters. The molecule has 94 valence electrons. The van der Waals surface area contributed by atoms with Crippen molar-refractivity contribution in [2.45, 2.75) is 26.3 Å². The molecule has 0 aromatic rings. The van der Waals surface area contributed by atoms with Crippen molar-refractivity contribution in [1.29, 1.82) is 0 Å². The van der Waals surface area contributed by atoms with Gasteiger partial charge in [-0.1, -0.05) is 13.8 Å². The van der Waals surface area contributed by atoms with E-state index in [0.29, 0.717) is 19.6 Å². The van der Waals surface area contributed by atoms with Crippen LogP contribution >= 0.6 is 0 Å². The van der Waals surface area contributed by atoms with Crippen LogP contribution in [0.15, 0.2) is 0 Å². The molecule has 0 fully saturated rings. The first kappa shape index (κ1) is 14.7. The molecule has 0 aliphatic carbocycles. The van der Waals surface area contributed by atoms with Crippen LogP contribution in [0.3, 0.4) is 0 Å². The lowest BCUT2D eigenvalue weighted by atomic mass is 10.2. The van der Waals surface area contributed by atoms with E-state index in [1.165, 1.54) is 0 Å². The molecule has 0 aliphatic rings. The minimum Gasteiger partial charge on any atom is -0.480 e. The number of nitrogens with one attached hydrogen (secondary N) is 2. The van der Waals surface area contributed by atoms with Crippen LogP contribution in [0.2, 0.25) is 0 Å². The lowest BCUT2D eigenvalue weighted by Gasteiger charge is -2.15. The average molecular weight is 232 g/mol. The van der Waals surface area contributed by atoms with Crippen molar-refractivity contribution in [3.8, 4) is 0 Å². The molecule has 16 heavy (non-hydrogen) atoms. The number of methoxy groups -OCH3 is 1. The second kappa shape index (κ2) is 7.92. The maximum atomic E-state index is 11.3. The first-order valence-electron chi connectivity index (χ1n) is 5.27. The van der Waals surface area contributed by atoms with Crippen molar-refractivity contribution in [3.05, 3.63) is 0 Å². The molecule has 2 unspecified atom stereocenters. The number of amides is 2. The molecule has 0 heterocycles. The number of rotatable bonds is 7. The number of carboxylic acid groups (broad SMARTS) is 1. The minimum atomic E-state index is -1.03. The van der Waals surface area contributed by atoms with E-state index in [9.17, 15) is 9.59 Å². The van der Waals surface area contributed by atoms with Crippen molar-refractivity contribution in [2.75, 3.05) is 20.3 Å². The summed E-state index contributed by atoms with van der Waals surface area (Å²) < 4.78 is 4.91. The van der Waals surface area contributed by atoms with Crippen molar-refractivity contribution in [3.63, 3.8) is 0 Å². The highest BCUT2D eigenvalue weighted by Crippen LogP contribution is 1.93. The summed E-state index contributed by atoms with van der Waals surface area (Å²) >= 11 is 0. The molecule has 0 aromatic heterocycles. The molecule has 3 N–H and O–H groups in total. The molecule has 0 aromatic carbocycles. The Morgan fingerprint density at radius 3 is 2.50 bits per heavy atom. The molecule has 0 rings (SSSR count). The van der Waals surface area contributed by atoms with E-state index in [1.807, 2.05) is 6.92 Å². The molecule has 0 saturated carbocycles. The third kappa shape index (κ3) is 6.23. The number of carbonyl (C=O) groups excluding carboxylic acids is 1. The highest BCUT2D eigenvalue weighted by molar-refractivity contribution is 5.82. The van der Waals surface area contributed by atoms with Gasteiger partial charge in [-0.2, -0.15) is 0 Å². The van der Waals surface area contributed by atoms with E-state index in [4.69, 9.17) is 9.84 Å². The summed E-state index contributed by atoms with van der Waals surface area (Å²) in [7, 11) is 1.59. The lowest BCUT2D eigenvalue weighted by molar-refractivity contribution is -0.139. The Morgan fingerprint density at radius 2 is 2.06 bits per heavy atom. The quantitative estimate of drug-likeness (QED) is 0.594. The minimum absolute atomic E-state index is 0.195. The zero-order valence-corrected chi connectivity index (χ0v) is 9.95. The normalized spacial score (nSPS) is 13.9. The van der Waals surface area contributed by atoms with Gasteiger partial charge in [-0.25, -0.2) is 9.59 Å². The zero-order chi connectivity index (χ0) is 12.6. The van der Waals surface area contributed by atoms with Crippen LogP contribution in [-0.2, 0) is 9.53 Å². The van der Waals surface area contributed by atoms with Gasteiger partial charge in [0, 0.05) is 13.7 Å². The first-order valence-corrected chi connectivity index (χ1v) is 5.27. The Bertz CT molecular complexity index is 233. The predicted octanol–water partition coefficient (Wildman–Crippen LogP) is 0.431. The number of hydrogen-bond donors (Lipinski definition) is 3. The molecular formula is C10H20N2O4. The largest absolute Gasteiger partial charge is 0.480 e. The van der Waals surface area contributed by atoms with Gasteiger partial charge >= 0.3 is 12.0 Å². The molecule has 0 bridgehead atoms. The van der Waals surface area contributed by atoms with E-state index >= 15 is 0 Å². The smallest absolute Gasteiger partial charge is 0.326 e. The van der Waals surface area contributed by atoms with E-state index in [0.717, 1.165) is 0 Å². The van der Waals surface area contributed by atoms with Crippen LogP contribution in [0.4, 0.5) is 4.79 Å². The van der Waals surface area contributed by atoms with Crippen molar-refractivity contribution in [1.82, 2.24) is 10.6 Å². The third-order valence-corrected chi connectivity index (χ3v) is 2.07. The molecule has 0 radical (unpaired) electrons. The fraction of sp³-hybridized carbons (Fsp3) is 0.800. The molecule has 0 saturated heterocycles. The summed E-state index contributed by atoms with van der Waals surface area (Å²) in [4.78, 5) is 21.9. The molecule has 2 amide bonds. The standard InChI is InChI=1S/C10H20N2O4/c1-4-8(9(13)14)12-10(15)11-5-7(2)6-16-3/h7-8H,4-6H2,1-3H3,(H,13,14)(H2,11,12,15). The topological polar surface area (TPSA) is 87.7 Å². The van der Waals surface area contributed by atoms with Crippen LogP contribution in [0, 0.1) is 5.92 Å². The van der Waals surface area contributed by atoms with Crippen LogP contribution in [0.1, 0.15) is 20.3 Å². The average Bonchev–Trinajstić information content (AvgIpc) is 2.23. The molecule has 0 aliphatic heterocycles. The lowest BCUT2D eigenvalue weighted by Crippen LogP contribution is -2.46. The van der Waals surface area contributed by atoms with E-state index in [-0.39, 0.29) is 5.92 Å². The Hall–Kier alpha value is -1.30. The van der Waals surface area contributed by atoms with E-state index < -0.39 is 18.0 Å². The Labute approximate surface area is 95.4 Å². The van der Waals surface area contributed by atoms with Gasteiger partial charge in [0.1, 0.15) is 6.04 Å². The Balaban J connectivity index is 3.85. The third-order valence-electron chi connectivity index (χ3n) is 2.07. The van der Waals surface area contributed by atoms with Crippen LogP contribution in [-0.4, -0.2) is 43.4 Å². The number of hydrogen-bond acceptors (Lipinski definition) is 3. The van der Waals surface area contributed by atoms with Crippen molar-refractivity contribution >= 4 is 12.0 Å². The number of ether oxygens (including phenoxy) is 1. The summed E-state index contributed by atoms with van der Waals surface area (Å²) in [6, 6.07) is -1.30. The Morgan fingerprint density at radius 1 is 1.44 bits per heavy atom. The van der Waals surface area contributed by atoms with Crippen molar-refractivity contribution < 1.29 is 19.4 Å². The predicted molar refractivity (Wildman–Crippen MR) is 59.3 cm³/mol. The van der Waals surface area contributed by atoms with Crippen LogP contribution in [0.25, 0.3) is 0 Å². The van der Waals surface area contributed by atoms with Gasteiger partial charge in [-0.05, 0) is 12.3 Å². The van der Waals surface area contributed by atoms with Gasteiger partial charge in [0.15, 0.2) is 0 Å². The summed E-state index contributed by atoms with van der Waals surface area (Å²) in [5.74, 6) is -0.830. The Kier molecular flexibility index (Phi) is 7.28. The highest BCUT2D eigenvalue weighted by atomic mass is 16.5. The monoisotopic (exact) mass is 232 g/mol. The number of aliphatic carboxylic acids is 1. The zero-order valence-electron chi connectivity index (χ0n) is 9.95. The van der Waals surface area contributed by atoms with Crippen LogP contribution in [0.5, 0.6) is 0 Å². The van der Waals surface area contributed by atoms with Crippen LogP contribution < -0.4 is 10.6 Å². The summed E-state index contributed by atoms with van der Waals surface area (Å²) in [6.07, 6.45) is 0.358. The second-order valence-electron chi connectivity index (χ2n) is 3.71. The SMILES string of the molecule is CCC(NC(=O)NCC(C)COC)C(=O)O. The molecule has 0 spiro atoms. The first-order chi connectivity index (χ1) is 7.51. The van der Waals surface area contributed by atoms with Crippen molar-refractivity contribution in [2.24, 2.45) is 5.92 Å². The number of carbonyl (C=O) groups is 2. The summed E-state index contributed by atoms with van der Waals surface area (Å²) in [5.41, 5.74) is 0. The number of carboxylic acids is 1. The van der Waals surface area contributed by atoms with Gasteiger partial charge in [-0.15, -0.1) is 0 Å². The fourth-order valence-electron chi connectivity index (χ4n) is 1.16. The van der Waals surface area contributed by atoms with Gasteiger partial charge in [-0.3, -0.25) is 0 Å². The van der Waals surface area contributed by atoms with Gasteiger partial charge < -0.3 is 20.5 Å². The molecule has 6 nitrogen and oxygen atoms in total. The van der Waals surface area contributed by atoms with Gasteiger partial charge in [0.05, 0.1) is 6.61 Å². The summed E-state index contributed by atoms with van der Waals surface area (Å²) in [5, 5.41) is 13.7.